The maximum absolute atomic E-state index is 17.5. The molecule has 0 aliphatic heterocycles. The van der Waals surface area contributed by atoms with Gasteiger partial charge in [-0.25, -0.2) is 13.6 Å². The molecule has 0 saturated heterocycles. The number of carbonyl (C=O) groups is 4. The van der Waals surface area contributed by atoms with E-state index in [1.54, 1.807) is 27.7 Å². The normalized spacial score (nSPS) is 42.2. The van der Waals surface area contributed by atoms with Crippen molar-refractivity contribution in [3.63, 3.8) is 0 Å². The molecule has 0 bridgehead atoms. The zero-order valence-corrected chi connectivity index (χ0v) is 24.2. The van der Waals surface area contributed by atoms with Crippen LogP contribution in [0, 0.1) is 28.6 Å². The molecule has 222 valence electrons. The van der Waals surface area contributed by atoms with Crippen LogP contribution in [0.2, 0.25) is 0 Å². The van der Waals surface area contributed by atoms with E-state index in [1.165, 1.54) is 32.9 Å². The maximum atomic E-state index is 17.5. The lowest BCUT2D eigenvalue weighted by molar-refractivity contribution is -0.258. The molecule has 0 aromatic heterocycles. The third-order valence-electron chi connectivity index (χ3n) is 10.0. The molecule has 1 N–H and O–H groups in total. The summed E-state index contributed by atoms with van der Waals surface area (Å²) in [6.07, 6.45) is -0.124. The number of rotatable bonds is 6. The van der Waals surface area contributed by atoms with Crippen molar-refractivity contribution in [3.8, 4) is 0 Å². The Morgan fingerprint density at radius 1 is 1.07 bits per heavy atom. The van der Waals surface area contributed by atoms with E-state index in [2.05, 4.69) is 0 Å². The first-order valence-electron chi connectivity index (χ1n) is 14.1. The number of ether oxygens (including phenoxy) is 3. The van der Waals surface area contributed by atoms with Gasteiger partial charge in [0.1, 0.15) is 6.17 Å². The summed E-state index contributed by atoms with van der Waals surface area (Å²) in [5, 5.41) is 11.6. The lowest BCUT2D eigenvalue weighted by Gasteiger charge is -2.63. The molecule has 0 unspecified atom stereocenters. The Labute approximate surface area is 233 Å². The third-order valence-corrected chi connectivity index (χ3v) is 10.0. The standard InChI is InChI=1S/C30H40F2O8/c1-8-23(35)38-26(4,5)40-25(37)30(39-24(36)9-2)16(3)12-18-19-14-21(31)20-13-17(33)10-11-27(20,6)29(19,32)22(34)15-28(18,30)7/h10-11,13,16,18-19,21-22,34H,8-9,12,14-15H2,1-7H3/t16-,18+,19+,21+,22+,27+,28+,29+,30+/m1/s1. The Morgan fingerprint density at radius 3 is 2.30 bits per heavy atom. The van der Waals surface area contributed by atoms with E-state index in [-0.39, 0.29) is 37.7 Å². The molecule has 8 nitrogen and oxygen atoms in total. The first kappa shape index (κ1) is 30.3. The summed E-state index contributed by atoms with van der Waals surface area (Å²) in [4.78, 5) is 51.0. The number of carbonyl (C=O) groups excluding carboxylic acids is 4. The van der Waals surface area contributed by atoms with Crippen molar-refractivity contribution < 1.29 is 47.3 Å². The van der Waals surface area contributed by atoms with Crippen LogP contribution in [0.15, 0.2) is 23.8 Å². The fraction of sp³-hybridized carbons (Fsp3) is 0.733. The average molecular weight is 567 g/mol. The number of fused-ring (bicyclic) bond motifs is 5. The lowest BCUT2D eigenvalue weighted by atomic mass is 9.44. The van der Waals surface area contributed by atoms with Crippen LogP contribution in [0.5, 0.6) is 0 Å². The lowest BCUT2D eigenvalue weighted by Crippen LogP contribution is -2.71. The van der Waals surface area contributed by atoms with E-state index in [0.717, 1.165) is 6.08 Å². The van der Waals surface area contributed by atoms with Crippen LogP contribution in [0.25, 0.3) is 0 Å². The minimum Gasteiger partial charge on any atom is -0.446 e. The molecule has 10 heteroatoms. The number of aliphatic hydroxyl groups is 1. The topological polar surface area (TPSA) is 116 Å². The summed E-state index contributed by atoms with van der Waals surface area (Å²) >= 11 is 0. The molecule has 0 aromatic rings. The highest BCUT2D eigenvalue weighted by atomic mass is 19.1. The second kappa shape index (κ2) is 9.74. The molecule has 4 aliphatic carbocycles. The molecule has 0 aromatic carbocycles. The van der Waals surface area contributed by atoms with Crippen LogP contribution >= 0.6 is 0 Å². The summed E-state index contributed by atoms with van der Waals surface area (Å²) in [5.41, 5.74) is -7.27. The molecule has 9 atom stereocenters. The van der Waals surface area contributed by atoms with Crippen LogP contribution in [0.1, 0.15) is 80.6 Å². The van der Waals surface area contributed by atoms with Gasteiger partial charge in [-0.2, -0.15) is 0 Å². The van der Waals surface area contributed by atoms with E-state index in [4.69, 9.17) is 14.2 Å². The molecule has 0 amide bonds. The van der Waals surface area contributed by atoms with Crippen molar-refractivity contribution in [1.82, 2.24) is 0 Å². The van der Waals surface area contributed by atoms with E-state index < -0.39 is 81.6 Å². The minimum atomic E-state index is -2.35. The van der Waals surface area contributed by atoms with Crippen molar-refractivity contribution in [2.45, 2.75) is 110 Å². The van der Waals surface area contributed by atoms with Gasteiger partial charge >= 0.3 is 17.9 Å². The molecule has 0 spiro atoms. The van der Waals surface area contributed by atoms with Gasteiger partial charge in [-0.1, -0.05) is 33.8 Å². The number of allylic oxidation sites excluding steroid dienone is 4. The fourth-order valence-corrected chi connectivity index (χ4v) is 8.14. The van der Waals surface area contributed by atoms with Crippen molar-refractivity contribution in [1.29, 1.82) is 0 Å². The summed E-state index contributed by atoms with van der Waals surface area (Å²) in [6, 6.07) is 0. The van der Waals surface area contributed by atoms with Gasteiger partial charge in [0.25, 0.3) is 5.79 Å². The highest BCUT2D eigenvalue weighted by Crippen LogP contribution is 2.71. The third kappa shape index (κ3) is 4.07. The number of alkyl halides is 2. The average Bonchev–Trinajstić information content (AvgIpc) is 3.08. The Kier molecular flexibility index (Phi) is 7.39. The fourth-order valence-electron chi connectivity index (χ4n) is 8.14. The Bertz CT molecular complexity index is 1180. The number of aliphatic hydroxyl groups excluding tert-OH is 1. The Morgan fingerprint density at radius 2 is 1.70 bits per heavy atom. The van der Waals surface area contributed by atoms with Crippen molar-refractivity contribution in [2.24, 2.45) is 28.6 Å². The van der Waals surface area contributed by atoms with Crippen LogP contribution in [-0.4, -0.2) is 58.1 Å². The Balaban J connectivity index is 1.83. The molecule has 3 saturated carbocycles. The van der Waals surface area contributed by atoms with Gasteiger partial charge in [0.2, 0.25) is 5.60 Å². The quantitative estimate of drug-likeness (QED) is 0.370. The second-order valence-corrected chi connectivity index (χ2v) is 12.7. The van der Waals surface area contributed by atoms with Gasteiger partial charge in [0.15, 0.2) is 11.5 Å². The van der Waals surface area contributed by atoms with Crippen molar-refractivity contribution >= 4 is 23.7 Å². The number of hydrogen-bond acceptors (Lipinski definition) is 8. The highest BCUT2D eigenvalue weighted by molar-refractivity contribution is 6.01. The van der Waals surface area contributed by atoms with Gasteiger partial charge in [-0.15, -0.1) is 0 Å². The van der Waals surface area contributed by atoms with E-state index >= 15 is 8.78 Å². The highest BCUT2D eigenvalue weighted by Gasteiger charge is 2.79. The van der Waals surface area contributed by atoms with Gasteiger partial charge < -0.3 is 19.3 Å². The zero-order valence-electron chi connectivity index (χ0n) is 24.2. The largest absolute Gasteiger partial charge is 0.446 e. The predicted molar refractivity (Wildman–Crippen MR) is 139 cm³/mol. The molecular formula is C30H40F2O8. The molecule has 0 heterocycles. The van der Waals surface area contributed by atoms with Gasteiger partial charge in [0, 0.05) is 49.4 Å². The monoisotopic (exact) mass is 566 g/mol. The van der Waals surface area contributed by atoms with Crippen LogP contribution < -0.4 is 0 Å². The number of hydrogen-bond donors (Lipinski definition) is 1. The molecular weight excluding hydrogens is 526 g/mol. The molecule has 0 radical (unpaired) electrons. The van der Waals surface area contributed by atoms with Crippen LogP contribution in [-0.2, 0) is 33.4 Å². The zero-order chi connectivity index (χ0) is 30.1. The number of esters is 3. The first-order valence-corrected chi connectivity index (χ1v) is 14.1. The Hall–Kier alpha value is -2.62. The molecule has 40 heavy (non-hydrogen) atoms. The maximum Gasteiger partial charge on any atom is 0.354 e. The first-order chi connectivity index (χ1) is 18.4. The predicted octanol–water partition coefficient (Wildman–Crippen LogP) is 4.48. The van der Waals surface area contributed by atoms with Crippen LogP contribution in [0.3, 0.4) is 0 Å². The van der Waals surface area contributed by atoms with Crippen molar-refractivity contribution in [3.05, 3.63) is 23.8 Å². The van der Waals surface area contributed by atoms with Gasteiger partial charge in [-0.05, 0) is 49.8 Å². The van der Waals surface area contributed by atoms with Gasteiger partial charge in [0.05, 0.1) is 6.10 Å². The summed E-state index contributed by atoms with van der Waals surface area (Å²) < 4.78 is 50.2. The van der Waals surface area contributed by atoms with Gasteiger partial charge in [-0.3, -0.25) is 14.4 Å². The minimum absolute atomic E-state index is 0.00461. The molecule has 4 aliphatic rings. The van der Waals surface area contributed by atoms with E-state index in [1.807, 2.05) is 0 Å². The smallest absolute Gasteiger partial charge is 0.354 e. The molecule has 4 rings (SSSR count). The second-order valence-electron chi connectivity index (χ2n) is 12.7. The van der Waals surface area contributed by atoms with Crippen LogP contribution in [0.4, 0.5) is 8.78 Å². The summed E-state index contributed by atoms with van der Waals surface area (Å²) in [7, 11) is 0. The SMILES string of the molecule is CCC(=O)OC(C)(C)OC(=O)[C@@]1(OC(=O)CC)[C@H](C)C[C@H]2[C@@H]3C[C@H](F)C4=CC(=O)C=C[C@]4(C)[C@@]3(F)[C@@H](O)C[C@@]21C. The van der Waals surface area contributed by atoms with E-state index in [0.29, 0.717) is 0 Å². The van der Waals surface area contributed by atoms with E-state index in [9.17, 15) is 24.3 Å². The number of ketones is 1. The number of halogens is 2. The summed E-state index contributed by atoms with van der Waals surface area (Å²) in [6.45, 7) is 10.8. The summed E-state index contributed by atoms with van der Waals surface area (Å²) in [5.74, 6) is -6.89. The van der Waals surface area contributed by atoms with Crippen molar-refractivity contribution in [2.75, 3.05) is 0 Å². The molecule has 3 fully saturated rings.